The van der Waals surface area contributed by atoms with Crippen LogP contribution in [0.5, 0.6) is 0 Å². The summed E-state index contributed by atoms with van der Waals surface area (Å²) in [6.07, 6.45) is 5.58. The molecule has 0 bridgehead atoms. The predicted octanol–water partition coefficient (Wildman–Crippen LogP) is 3.17. The molecule has 3 rings (SSSR count). The smallest absolute Gasteiger partial charge is 0.133 e. The number of aryl methyl sites for hydroxylation is 1. The fraction of sp³-hybridized carbons (Fsp3) is 0.692. The summed E-state index contributed by atoms with van der Waals surface area (Å²) in [7, 11) is 0. The maximum Gasteiger partial charge on any atom is 0.133 e. The zero-order chi connectivity index (χ0) is 11.8. The van der Waals surface area contributed by atoms with E-state index in [-0.39, 0.29) is 0 Å². The van der Waals surface area contributed by atoms with E-state index in [4.69, 9.17) is 0 Å². The molecular formula is C13H18BrN3. The van der Waals surface area contributed by atoms with Gasteiger partial charge in [-0.25, -0.2) is 9.97 Å². The van der Waals surface area contributed by atoms with Gasteiger partial charge in [0.1, 0.15) is 16.2 Å². The topological polar surface area (TPSA) is 29.0 Å². The molecule has 0 atom stereocenters. The molecule has 0 spiro atoms. The average molecular weight is 296 g/mol. The molecule has 2 saturated carbocycles. The van der Waals surface area contributed by atoms with Crippen molar-refractivity contribution in [1.29, 1.82) is 0 Å². The molecule has 0 unspecified atom stereocenters. The van der Waals surface area contributed by atoms with Gasteiger partial charge in [-0.3, -0.25) is 0 Å². The first-order chi connectivity index (χ1) is 8.20. The number of rotatable bonds is 5. The van der Waals surface area contributed by atoms with Crippen molar-refractivity contribution in [3.63, 3.8) is 0 Å². The van der Waals surface area contributed by atoms with Crippen molar-refractivity contribution < 1.29 is 0 Å². The molecule has 92 valence electrons. The molecule has 0 N–H and O–H groups in total. The van der Waals surface area contributed by atoms with E-state index in [2.05, 4.69) is 36.9 Å². The number of hydrogen-bond donors (Lipinski definition) is 0. The Hall–Kier alpha value is -0.640. The molecule has 1 heterocycles. The summed E-state index contributed by atoms with van der Waals surface area (Å²) in [5.74, 6) is 3.76. The van der Waals surface area contributed by atoms with E-state index in [1.54, 1.807) is 0 Å². The molecule has 3 nitrogen and oxygen atoms in total. The third-order valence-corrected chi connectivity index (χ3v) is 3.87. The fourth-order valence-corrected chi connectivity index (χ4v) is 2.63. The van der Waals surface area contributed by atoms with Crippen LogP contribution in [0.1, 0.15) is 31.5 Å². The van der Waals surface area contributed by atoms with Crippen molar-refractivity contribution in [1.82, 2.24) is 9.97 Å². The van der Waals surface area contributed by atoms with Gasteiger partial charge in [-0.2, -0.15) is 0 Å². The highest BCUT2D eigenvalue weighted by Gasteiger charge is 2.30. The molecule has 0 aliphatic heterocycles. The second-order valence-electron chi connectivity index (χ2n) is 5.39. The number of nitrogens with zero attached hydrogens (tertiary/aromatic N) is 3. The van der Waals surface area contributed by atoms with Gasteiger partial charge < -0.3 is 4.90 Å². The quantitative estimate of drug-likeness (QED) is 0.781. The molecule has 2 fully saturated rings. The highest BCUT2D eigenvalue weighted by molar-refractivity contribution is 9.10. The Kier molecular flexibility index (Phi) is 3.07. The maximum absolute atomic E-state index is 4.58. The van der Waals surface area contributed by atoms with Crippen LogP contribution < -0.4 is 4.90 Å². The second-order valence-corrected chi connectivity index (χ2v) is 6.20. The Balaban J connectivity index is 1.78. The van der Waals surface area contributed by atoms with Crippen molar-refractivity contribution in [2.24, 2.45) is 11.8 Å². The van der Waals surface area contributed by atoms with Gasteiger partial charge in [-0.05, 0) is 60.4 Å². The monoisotopic (exact) mass is 295 g/mol. The molecule has 4 heteroatoms. The second kappa shape index (κ2) is 4.56. The number of halogens is 1. The van der Waals surface area contributed by atoms with Gasteiger partial charge in [0.2, 0.25) is 0 Å². The van der Waals surface area contributed by atoms with Gasteiger partial charge in [0.25, 0.3) is 0 Å². The van der Waals surface area contributed by atoms with Crippen molar-refractivity contribution in [3.8, 4) is 0 Å². The van der Waals surface area contributed by atoms with E-state index < -0.39 is 0 Å². The number of hydrogen-bond acceptors (Lipinski definition) is 3. The standard InChI is InChI=1S/C13H18BrN3/c1-9-15-12(14)6-13(16-9)17(7-10-2-3-10)8-11-4-5-11/h6,10-11H,2-5,7-8H2,1H3. The van der Waals surface area contributed by atoms with E-state index in [1.165, 1.54) is 38.8 Å². The van der Waals surface area contributed by atoms with Gasteiger partial charge in [0, 0.05) is 19.2 Å². The van der Waals surface area contributed by atoms with Gasteiger partial charge in [-0.1, -0.05) is 0 Å². The lowest BCUT2D eigenvalue weighted by Crippen LogP contribution is -2.29. The molecule has 1 aromatic heterocycles. The van der Waals surface area contributed by atoms with Crippen LogP contribution in [0.2, 0.25) is 0 Å². The van der Waals surface area contributed by atoms with Crippen LogP contribution in [0, 0.1) is 18.8 Å². The van der Waals surface area contributed by atoms with Gasteiger partial charge in [-0.15, -0.1) is 0 Å². The minimum atomic E-state index is 0.853. The summed E-state index contributed by atoms with van der Waals surface area (Å²) in [6, 6.07) is 2.05. The molecule has 0 saturated heterocycles. The molecule has 2 aliphatic carbocycles. The zero-order valence-corrected chi connectivity index (χ0v) is 11.8. The van der Waals surface area contributed by atoms with Crippen LogP contribution in [0.25, 0.3) is 0 Å². The van der Waals surface area contributed by atoms with Crippen LogP contribution in [0.4, 0.5) is 5.82 Å². The molecule has 0 radical (unpaired) electrons. The summed E-state index contributed by atoms with van der Waals surface area (Å²) in [5, 5.41) is 0. The molecular weight excluding hydrogens is 278 g/mol. The Morgan fingerprint density at radius 1 is 1.18 bits per heavy atom. The lowest BCUT2D eigenvalue weighted by Gasteiger charge is -2.24. The Labute approximate surface area is 111 Å². The third-order valence-electron chi connectivity index (χ3n) is 3.47. The highest BCUT2D eigenvalue weighted by atomic mass is 79.9. The first-order valence-corrected chi connectivity index (χ1v) is 7.26. The molecule has 1 aromatic rings. The van der Waals surface area contributed by atoms with Crippen LogP contribution in [-0.4, -0.2) is 23.1 Å². The van der Waals surface area contributed by atoms with Crippen LogP contribution >= 0.6 is 15.9 Å². The summed E-state index contributed by atoms with van der Waals surface area (Å²) in [4.78, 5) is 11.3. The Bertz CT molecular complexity index is 379. The van der Waals surface area contributed by atoms with Crippen LogP contribution in [-0.2, 0) is 0 Å². The van der Waals surface area contributed by atoms with Gasteiger partial charge >= 0.3 is 0 Å². The highest BCUT2D eigenvalue weighted by Crippen LogP contribution is 2.35. The predicted molar refractivity (Wildman–Crippen MR) is 72.1 cm³/mol. The van der Waals surface area contributed by atoms with E-state index in [0.717, 1.165) is 28.1 Å². The number of aromatic nitrogens is 2. The fourth-order valence-electron chi connectivity index (χ4n) is 2.16. The van der Waals surface area contributed by atoms with Crippen molar-refractivity contribution in [2.45, 2.75) is 32.6 Å². The Morgan fingerprint density at radius 3 is 2.24 bits per heavy atom. The summed E-state index contributed by atoms with van der Waals surface area (Å²) < 4.78 is 0.900. The van der Waals surface area contributed by atoms with Crippen molar-refractivity contribution >= 4 is 21.7 Å². The van der Waals surface area contributed by atoms with Gasteiger partial charge in [0.15, 0.2) is 0 Å². The van der Waals surface area contributed by atoms with E-state index in [1.807, 2.05) is 6.92 Å². The number of anilines is 1. The SMILES string of the molecule is Cc1nc(Br)cc(N(CC2CC2)CC2CC2)n1. The molecule has 0 aromatic carbocycles. The third kappa shape index (κ3) is 3.18. The van der Waals surface area contributed by atoms with Crippen LogP contribution in [0.3, 0.4) is 0 Å². The summed E-state index contributed by atoms with van der Waals surface area (Å²) in [5.41, 5.74) is 0. The minimum Gasteiger partial charge on any atom is -0.356 e. The first-order valence-electron chi connectivity index (χ1n) is 6.47. The minimum absolute atomic E-state index is 0.853. The van der Waals surface area contributed by atoms with E-state index in [0.29, 0.717) is 0 Å². The van der Waals surface area contributed by atoms with E-state index >= 15 is 0 Å². The largest absolute Gasteiger partial charge is 0.356 e. The van der Waals surface area contributed by atoms with Crippen molar-refractivity contribution in [2.75, 3.05) is 18.0 Å². The average Bonchev–Trinajstić information content (AvgIpc) is 3.09. The lowest BCUT2D eigenvalue weighted by molar-refractivity contribution is 0.668. The maximum atomic E-state index is 4.58. The van der Waals surface area contributed by atoms with Crippen molar-refractivity contribution in [3.05, 3.63) is 16.5 Å². The summed E-state index contributed by atoms with van der Waals surface area (Å²) in [6.45, 7) is 4.32. The lowest BCUT2D eigenvalue weighted by atomic mass is 10.3. The zero-order valence-electron chi connectivity index (χ0n) is 10.2. The summed E-state index contributed by atoms with van der Waals surface area (Å²) >= 11 is 3.47. The molecule has 0 amide bonds. The molecule has 17 heavy (non-hydrogen) atoms. The first kappa shape index (κ1) is 11.5. The molecule has 2 aliphatic rings. The Morgan fingerprint density at radius 2 is 1.76 bits per heavy atom. The van der Waals surface area contributed by atoms with Crippen LogP contribution in [0.15, 0.2) is 10.7 Å². The van der Waals surface area contributed by atoms with Gasteiger partial charge in [0.05, 0.1) is 0 Å². The normalized spacial score (nSPS) is 19.4. The van der Waals surface area contributed by atoms with E-state index in [9.17, 15) is 0 Å².